The Bertz CT molecular complexity index is 489. The Morgan fingerprint density at radius 1 is 1.30 bits per heavy atom. The lowest BCUT2D eigenvalue weighted by molar-refractivity contribution is -0.144. The average Bonchev–Trinajstić information content (AvgIpc) is 2.33. The number of nitrogens with zero attached hydrogens (tertiary/aromatic N) is 2. The number of carbonyl (C=O) groups excluding carboxylic acids is 1. The molecular formula is C11H16F3N5O. The smallest absolute Gasteiger partial charge is 0.373 e. The number of carbonyl (C=O) groups is 1. The highest BCUT2D eigenvalue weighted by atomic mass is 19.4. The number of nitrogens with one attached hydrogen (secondary N) is 2. The lowest BCUT2D eigenvalue weighted by atomic mass is 10.0. The Labute approximate surface area is 114 Å². The minimum Gasteiger partial charge on any atom is -0.373 e. The van der Waals surface area contributed by atoms with Gasteiger partial charge in [-0.05, 0) is 5.92 Å². The van der Waals surface area contributed by atoms with Crippen LogP contribution >= 0.6 is 0 Å². The van der Waals surface area contributed by atoms with Crippen LogP contribution in [-0.4, -0.2) is 29.0 Å². The Hall–Kier alpha value is -2.06. The van der Waals surface area contributed by atoms with E-state index in [1.807, 2.05) is 0 Å². The van der Waals surface area contributed by atoms with E-state index in [1.165, 1.54) is 13.1 Å². The quantitative estimate of drug-likeness (QED) is 0.763. The summed E-state index contributed by atoms with van der Waals surface area (Å²) in [4.78, 5) is 17.9. The van der Waals surface area contributed by atoms with E-state index >= 15 is 0 Å². The molecule has 0 aliphatic heterocycles. The number of amides is 1. The number of halogens is 3. The molecule has 20 heavy (non-hydrogen) atoms. The predicted octanol–water partition coefficient (Wildman–Crippen LogP) is 1.46. The highest BCUT2D eigenvalue weighted by Gasteiger charge is 2.35. The van der Waals surface area contributed by atoms with Crippen LogP contribution in [0.15, 0.2) is 6.07 Å². The number of rotatable bonds is 5. The first-order chi connectivity index (χ1) is 9.15. The summed E-state index contributed by atoms with van der Waals surface area (Å²) in [7, 11) is 1.43. The molecule has 1 amide bonds. The van der Waals surface area contributed by atoms with E-state index in [9.17, 15) is 18.0 Å². The van der Waals surface area contributed by atoms with Crippen LogP contribution in [0.1, 0.15) is 19.7 Å². The molecule has 1 atom stereocenters. The van der Waals surface area contributed by atoms with E-state index in [1.54, 1.807) is 13.8 Å². The number of nitrogens with two attached hydrogens (primary N) is 1. The van der Waals surface area contributed by atoms with Gasteiger partial charge < -0.3 is 16.4 Å². The molecule has 0 spiro atoms. The van der Waals surface area contributed by atoms with E-state index in [-0.39, 0.29) is 17.6 Å². The monoisotopic (exact) mass is 291 g/mol. The van der Waals surface area contributed by atoms with Crippen LogP contribution in [0, 0.1) is 5.92 Å². The van der Waals surface area contributed by atoms with Crippen LogP contribution in [0.5, 0.6) is 0 Å². The number of hydrogen-bond acceptors (Lipinski definition) is 5. The van der Waals surface area contributed by atoms with E-state index in [4.69, 9.17) is 5.73 Å². The summed E-state index contributed by atoms with van der Waals surface area (Å²) >= 11 is 0. The van der Waals surface area contributed by atoms with Gasteiger partial charge in [-0.2, -0.15) is 13.2 Å². The van der Waals surface area contributed by atoms with Crippen LogP contribution in [-0.2, 0) is 11.0 Å². The minimum absolute atomic E-state index is 0.0122. The van der Waals surface area contributed by atoms with Crippen molar-refractivity contribution in [2.45, 2.75) is 26.1 Å². The fraction of sp³-hybridized carbons (Fsp3) is 0.545. The summed E-state index contributed by atoms with van der Waals surface area (Å²) in [6.45, 7) is 3.43. The minimum atomic E-state index is -4.68. The molecule has 6 nitrogen and oxygen atoms in total. The molecule has 0 bridgehead atoms. The van der Waals surface area contributed by atoms with Crippen molar-refractivity contribution in [3.63, 3.8) is 0 Å². The average molecular weight is 291 g/mol. The predicted molar refractivity (Wildman–Crippen MR) is 68.0 cm³/mol. The summed E-state index contributed by atoms with van der Waals surface area (Å²) in [6, 6.07) is 0.448. The van der Waals surface area contributed by atoms with Gasteiger partial charge in [-0.3, -0.25) is 4.79 Å². The van der Waals surface area contributed by atoms with E-state index < -0.39 is 23.9 Å². The lowest BCUT2D eigenvalue weighted by Gasteiger charge is -2.20. The highest BCUT2D eigenvalue weighted by Crippen LogP contribution is 2.28. The summed E-state index contributed by atoms with van der Waals surface area (Å²) in [6.07, 6.45) is -4.68. The summed E-state index contributed by atoms with van der Waals surface area (Å²) < 4.78 is 38.0. The van der Waals surface area contributed by atoms with Crippen molar-refractivity contribution in [2.24, 2.45) is 11.7 Å². The van der Waals surface area contributed by atoms with Crippen LogP contribution in [0.4, 0.5) is 24.8 Å². The van der Waals surface area contributed by atoms with E-state index in [0.717, 1.165) is 0 Å². The number of primary amides is 1. The van der Waals surface area contributed by atoms with Crippen molar-refractivity contribution in [2.75, 3.05) is 17.7 Å². The number of hydrogen-bond donors (Lipinski definition) is 3. The Morgan fingerprint density at radius 3 is 2.25 bits per heavy atom. The molecule has 0 radical (unpaired) electrons. The largest absolute Gasteiger partial charge is 0.451 e. The van der Waals surface area contributed by atoms with Crippen molar-refractivity contribution >= 4 is 17.5 Å². The molecule has 0 aliphatic rings. The Kier molecular flexibility index (Phi) is 4.74. The molecule has 112 valence electrons. The summed E-state index contributed by atoms with van der Waals surface area (Å²) in [5.41, 5.74) is 5.20. The fourth-order valence-electron chi connectivity index (χ4n) is 1.50. The van der Waals surface area contributed by atoms with Gasteiger partial charge in [0, 0.05) is 13.1 Å². The van der Waals surface area contributed by atoms with Gasteiger partial charge in [0.2, 0.25) is 11.7 Å². The normalized spacial score (nSPS) is 13.2. The Morgan fingerprint density at radius 2 is 1.85 bits per heavy atom. The van der Waals surface area contributed by atoms with E-state index in [0.29, 0.717) is 0 Å². The van der Waals surface area contributed by atoms with Gasteiger partial charge in [-0.1, -0.05) is 13.8 Å². The number of aromatic nitrogens is 2. The molecular weight excluding hydrogens is 275 g/mol. The molecule has 1 aromatic rings. The van der Waals surface area contributed by atoms with Gasteiger partial charge >= 0.3 is 6.18 Å². The Balaban J connectivity index is 3.14. The zero-order valence-corrected chi connectivity index (χ0v) is 11.2. The summed E-state index contributed by atoms with van der Waals surface area (Å²) in [5.74, 6) is -2.29. The van der Waals surface area contributed by atoms with Gasteiger partial charge in [0.05, 0.1) is 0 Å². The van der Waals surface area contributed by atoms with Crippen molar-refractivity contribution in [3.8, 4) is 0 Å². The van der Waals surface area contributed by atoms with Gasteiger partial charge in [-0.25, -0.2) is 9.97 Å². The van der Waals surface area contributed by atoms with Crippen LogP contribution in [0.3, 0.4) is 0 Å². The SMILES string of the molecule is CNc1cc(NC(C(N)=O)C(C)C)nc(C(F)(F)F)n1. The zero-order valence-electron chi connectivity index (χ0n) is 11.2. The fourth-order valence-corrected chi connectivity index (χ4v) is 1.50. The first kappa shape index (κ1) is 16.0. The molecule has 9 heteroatoms. The van der Waals surface area contributed by atoms with Crippen molar-refractivity contribution in [1.82, 2.24) is 9.97 Å². The molecule has 0 saturated heterocycles. The standard InChI is InChI=1S/C11H16F3N5O/c1-5(2)8(9(15)20)17-7-4-6(16-3)18-10(19-7)11(12,13)14/h4-5,8H,1-3H3,(H2,15,20)(H2,16,17,18,19). The third-order valence-electron chi connectivity index (χ3n) is 2.51. The molecule has 0 saturated carbocycles. The molecule has 0 fully saturated rings. The summed E-state index contributed by atoms with van der Waals surface area (Å²) in [5, 5.41) is 5.10. The lowest BCUT2D eigenvalue weighted by Crippen LogP contribution is -2.40. The maximum absolute atomic E-state index is 12.7. The second-order valence-electron chi connectivity index (χ2n) is 4.48. The van der Waals surface area contributed by atoms with Crippen molar-refractivity contribution < 1.29 is 18.0 Å². The first-order valence-electron chi connectivity index (χ1n) is 5.85. The zero-order chi connectivity index (χ0) is 15.5. The topological polar surface area (TPSA) is 92.9 Å². The number of anilines is 2. The molecule has 1 rings (SSSR count). The molecule has 4 N–H and O–H groups in total. The maximum atomic E-state index is 12.7. The molecule has 1 heterocycles. The van der Waals surface area contributed by atoms with Gasteiger partial charge in [0.1, 0.15) is 17.7 Å². The van der Waals surface area contributed by atoms with E-state index in [2.05, 4.69) is 20.6 Å². The van der Waals surface area contributed by atoms with Crippen LogP contribution in [0.2, 0.25) is 0 Å². The third kappa shape index (κ3) is 3.97. The highest BCUT2D eigenvalue weighted by molar-refractivity contribution is 5.83. The second kappa shape index (κ2) is 5.93. The molecule has 1 aromatic heterocycles. The van der Waals surface area contributed by atoms with Crippen molar-refractivity contribution in [1.29, 1.82) is 0 Å². The third-order valence-corrected chi connectivity index (χ3v) is 2.51. The first-order valence-corrected chi connectivity index (χ1v) is 5.85. The van der Waals surface area contributed by atoms with Gasteiger partial charge in [-0.15, -0.1) is 0 Å². The van der Waals surface area contributed by atoms with Gasteiger partial charge in [0.25, 0.3) is 0 Å². The number of alkyl halides is 3. The maximum Gasteiger partial charge on any atom is 0.451 e. The second-order valence-corrected chi connectivity index (χ2v) is 4.48. The molecule has 0 aromatic carbocycles. The van der Waals surface area contributed by atoms with Crippen LogP contribution < -0.4 is 16.4 Å². The van der Waals surface area contributed by atoms with Crippen molar-refractivity contribution in [3.05, 3.63) is 11.9 Å². The van der Waals surface area contributed by atoms with Crippen LogP contribution in [0.25, 0.3) is 0 Å². The molecule has 0 aliphatic carbocycles. The van der Waals surface area contributed by atoms with Gasteiger partial charge in [0.15, 0.2) is 0 Å². The molecule has 1 unspecified atom stereocenters.